The lowest BCUT2D eigenvalue weighted by molar-refractivity contribution is 0.405. The molecule has 0 fully saturated rings. The second-order valence-corrected chi connectivity index (χ2v) is 10.0. The van der Waals surface area contributed by atoms with E-state index >= 15 is 0 Å². The number of pyridine rings is 1. The maximum absolute atomic E-state index is 14.5. The summed E-state index contributed by atoms with van der Waals surface area (Å²) in [4.78, 5) is 20.4. The minimum atomic E-state index is -3.46. The van der Waals surface area contributed by atoms with Gasteiger partial charge in [0, 0.05) is 24.9 Å². The predicted octanol–water partition coefficient (Wildman–Crippen LogP) is 4.05. The molecule has 32 heavy (non-hydrogen) atoms. The lowest BCUT2D eigenvalue weighted by Crippen LogP contribution is -2.19. The van der Waals surface area contributed by atoms with Gasteiger partial charge in [-0.15, -0.1) is 0 Å². The normalized spacial score (nSPS) is 12.5. The van der Waals surface area contributed by atoms with Crippen molar-refractivity contribution in [1.29, 1.82) is 0 Å². The van der Waals surface area contributed by atoms with Gasteiger partial charge < -0.3 is 9.30 Å². The number of rotatable bonds is 8. The Morgan fingerprint density at radius 3 is 2.56 bits per heavy atom. The molecule has 2 heterocycles. The first-order chi connectivity index (χ1) is 15.1. The molecule has 3 aromatic rings. The largest absolute Gasteiger partial charge is 0.421 e. The predicted molar refractivity (Wildman–Crippen MR) is 121 cm³/mol. The van der Waals surface area contributed by atoms with Crippen LogP contribution in [-0.4, -0.2) is 28.2 Å². The Morgan fingerprint density at radius 2 is 1.91 bits per heavy atom. The molecule has 2 aromatic heterocycles. The summed E-state index contributed by atoms with van der Waals surface area (Å²) < 4.78 is 47.0. The summed E-state index contributed by atoms with van der Waals surface area (Å²) >= 11 is 0. The van der Waals surface area contributed by atoms with E-state index in [4.69, 9.17) is 4.74 Å². The average molecular weight is 460 g/mol. The molecule has 0 N–H and O–H groups in total. The molecular weight excluding hydrogens is 433 g/mol. The number of benzene rings is 1. The van der Waals surface area contributed by atoms with Crippen LogP contribution in [0.1, 0.15) is 38.4 Å². The van der Waals surface area contributed by atoms with Crippen LogP contribution in [0, 0.1) is 5.82 Å². The maximum atomic E-state index is 14.5. The highest BCUT2D eigenvalue weighted by Gasteiger charge is 2.22. The standard InChI is InChI=1S/C23H26FN3O4S/c1-5-15(3)32(29,30)14-18-12-20(17-10-11-21(28)27(4)13-17)26-23(25-18)31-22-16(6-2)8-7-9-19(22)24/h7-13,15H,5-6,14H2,1-4H3/t15-/m0/s1. The van der Waals surface area contributed by atoms with Gasteiger partial charge in [-0.2, -0.15) is 9.97 Å². The summed E-state index contributed by atoms with van der Waals surface area (Å²) in [5, 5.41) is -0.541. The number of aryl methyl sites for hydroxylation is 2. The number of hydrogen-bond acceptors (Lipinski definition) is 6. The van der Waals surface area contributed by atoms with Crippen LogP contribution < -0.4 is 10.3 Å². The summed E-state index contributed by atoms with van der Waals surface area (Å²) in [6.45, 7) is 5.32. The van der Waals surface area contributed by atoms with Crippen molar-refractivity contribution in [2.24, 2.45) is 7.05 Å². The smallest absolute Gasteiger partial charge is 0.322 e. The van der Waals surface area contributed by atoms with E-state index in [-0.39, 0.29) is 28.8 Å². The minimum absolute atomic E-state index is 0.00310. The van der Waals surface area contributed by atoms with Gasteiger partial charge in [-0.1, -0.05) is 26.0 Å². The number of nitrogens with zero attached hydrogens (tertiary/aromatic N) is 3. The van der Waals surface area contributed by atoms with Crippen LogP contribution in [0.4, 0.5) is 4.39 Å². The van der Waals surface area contributed by atoms with E-state index in [0.29, 0.717) is 29.7 Å². The lowest BCUT2D eigenvalue weighted by Gasteiger charge is -2.14. The van der Waals surface area contributed by atoms with Crippen LogP contribution in [0.5, 0.6) is 11.8 Å². The van der Waals surface area contributed by atoms with Gasteiger partial charge in [0.05, 0.1) is 22.4 Å². The topological polar surface area (TPSA) is 91.1 Å². The number of ether oxygens (including phenoxy) is 1. The molecule has 0 aliphatic rings. The zero-order valence-electron chi connectivity index (χ0n) is 18.5. The molecule has 0 saturated heterocycles. The molecular formula is C23H26FN3O4S. The number of para-hydroxylation sites is 1. The zero-order chi connectivity index (χ0) is 23.5. The highest BCUT2D eigenvalue weighted by atomic mass is 32.2. The van der Waals surface area contributed by atoms with Crippen LogP contribution in [0.3, 0.4) is 0 Å². The molecule has 0 unspecified atom stereocenters. The minimum Gasteiger partial charge on any atom is -0.421 e. The molecule has 0 spiro atoms. The first kappa shape index (κ1) is 23.6. The van der Waals surface area contributed by atoms with Gasteiger partial charge >= 0.3 is 6.01 Å². The Balaban J connectivity index is 2.12. The summed E-state index contributed by atoms with van der Waals surface area (Å²) in [7, 11) is -1.86. The summed E-state index contributed by atoms with van der Waals surface area (Å²) in [5.74, 6) is -0.866. The first-order valence-corrected chi connectivity index (χ1v) is 12.1. The van der Waals surface area contributed by atoms with Crippen molar-refractivity contribution < 1.29 is 17.5 Å². The lowest BCUT2D eigenvalue weighted by atomic mass is 10.1. The molecule has 1 atom stereocenters. The van der Waals surface area contributed by atoms with Crippen LogP contribution in [0.15, 0.2) is 47.4 Å². The molecule has 7 nitrogen and oxygen atoms in total. The average Bonchev–Trinajstić information content (AvgIpc) is 2.75. The van der Waals surface area contributed by atoms with E-state index in [9.17, 15) is 17.6 Å². The first-order valence-electron chi connectivity index (χ1n) is 10.4. The van der Waals surface area contributed by atoms with Gasteiger partial charge in [0.25, 0.3) is 0 Å². The SMILES string of the molecule is CCc1cccc(F)c1Oc1nc(CS(=O)(=O)[C@@H](C)CC)cc(-c2ccc(=O)n(C)c2)n1. The molecule has 0 aliphatic heterocycles. The van der Waals surface area contributed by atoms with Gasteiger partial charge in [0.15, 0.2) is 21.4 Å². The molecule has 9 heteroatoms. The molecule has 0 radical (unpaired) electrons. The van der Waals surface area contributed by atoms with Crippen molar-refractivity contribution in [3.63, 3.8) is 0 Å². The van der Waals surface area contributed by atoms with Crippen molar-refractivity contribution in [3.05, 3.63) is 70.0 Å². The molecule has 0 saturated carbocycles. The van der Waals surface area contributed by atoms with Crippen molar-refractivity contribution in [1.82, 2.24) is 14.5 Å². The van der Waals surface area contributed by atoms with Crippen LogP contribution in [0.2, 0.25) is 0 Å². The monoisotopic (exact) mass is 459 g/mol. The quantitative estimate of drug-likeness (QED) is 0.505. The Kier molecular flexibility index (Phi) is 7.08. The van der Waals surface area contributed by atoms with Crippen LogP contribution in [-0.2, 0) is 29.1 Å². The number of aromatic nitrogens is 3. The van der Waals surface area contributed by atoms with Gasteiger partial charge in [0.2, 0.25) is 5.56 Å². The molecule has 0 bridgehead atoms. The van der Waals surface area contributed by atoms with Gasteiger partial charge in [-0.25, -0.2) is 12.8 Å². The van der Waals surface area contributed by atoms with Gasteiger partial charge in [0.1, 0.15) is 0 Å². The fourth-order valence-electron chi connectivity index (χ4n) is 3.13. The highest BCUT2D eigenvalue weighted by Crippen LogP contribution is 2.29. The summed E-state index contributed by atoms with van der Waals surface area (Å²) in [6, 6.07) is 8.97. The molecule has 0 aliphatic carbocycles. The van der Waals surface area contributed by atoms with E-state index in [1.54, 1.807) is 51.4 Å². The van der Waals surface area contributed by atoms with Crippen molar-refractivity contribution in [2.45, 2.75) is 44.6 Å². The third kappa shape index (κ3) is 5.21. The van der Waals surface area contributed by atoms with E-state index in [2.05, 4.69) is 9.97 Å². The Bertz CT molecular complexity index is 1290. The zero-order valence-corrected chi connectivity index (χ0v) is 19.3. The number of hydrogen-bond donors (Lipinski definition) is 0. The second kappa shape index (κ2) is 9.60. The van der Waals surface area contributed by atoms with E-state index < -0.39 is 20.9 Å². The van der Waals surface area contributed by atoms with Crippen molar-refractivity contribution >= 4 is 9.84 Å². The van der Waals surface area contributed by atoms with Crippen LogP contribution in [0.25, 0.3) is 11.3 Å². The molecule has 1 aromatic carbocycles. The number of sulfone groups is 1. The van der Waals surface area contributed by atoms with Gasteiger partial charge in [-0.3, -0.25) is 4.79 Å². The number of halogens is 1. The molecule has 3 rings (SSSR count). The fraction of sp³-hybridized carbons (Fsp3) is 0.348. The van der Waals surface area contributed by atoms with Gasteiger partial charge in [-0.05, 0) is 43.5 Å². The van der Waals surface area contributed by atoms with E-state index in [1.807, 2.05) is 6.92 Å². The Labute approximate surface area is 186 Å². The maximum Gasteiger partial charge on any atom is 0.322 e. The van der Waals surface area contributed by atoms with E-state index in [1.165, 1.54) is 16.7 Å². The third-order valence-corrected chi connectivity index (χ3v) is 7.56. The summed E-state index contributed by atoms with van der Waals surface area (Å²) in [5.41, 5.74) is 1.61. The molecule has 170 valence electrons. The Morgan fingerprint density at radius 1 is 1.16 bits per heavy atom. The van der Waals surface area contributed by atoms with Crippen molar-refractivity contribution in [3.8, 4) is 23.0 Å². The second-order valence-electron chi connectivity index (χ2n) is 7.60. The highest BCUT2D eigenvalue weighted by molar-refractivity contribution is 7.91. The van der Waals surface area contributed by atoms with Crippen LogP contribution >= 0.6 is 0 Å². The Hall–Kier alpha value is -3.07. The van der Waals surface area contributed by atoms with E-state index in [0.717, 1.165) is 0 Å². The fourth-order valence-corrected chi connectivity index (χ4v) is 4.48. The van der Waals surface area contributed by atoms with Crippen molar-refractivity contribution in [2.75, 3.05) is 0 Å². The third-order valence-electron chi connectivity index (χ3n) is 5.30. The molecule has 0 amide bonds. The summed E-state index contributed by atoms with van der Waals surface area (Å²) in [6.07, 6.45) is 2.59.